The average Bonchev–Trinajstić information content (AvgIpc) is 3.09. The van der Waals surface area contributed by atoms with Gasteiger partial charge in [0, 0.05) is 43.4 Å². The fraction of sp³-hybridized carbons (Fsp3) is 0.409. The Kier molecular flexibility index (Phi) is 5.99. The maximum atomic E-state index is 12.7. The number of rotatable bonds is 5. The lowest BCUT2D eigenvalue weighted by Gasteiger charge is -2.35. The number of benzene rings is 2. The highest BCUT2D eigenvalue weighted by atomic mass is 79.9. The summed E-state index contributed by atoms with van der Waals surface area (Å²) >= 11 is 3.47. The van der Waals surface area contributed by atoms with Gasteiger partial charge < -0.3 is 15.0 Å². The molecule has 1 N–H and O–H groups in total. The number of amides is 1. The quantitative estimate of drug-likeness (QED) is 0.769. The van der Waals surface area contributed by atoms with Crippen molar-refractivity contribution in [3.63, 3.8) is 0 Å². The summed E-state index contributed by atoms with van der Waals surface area (Å²) in [6.45, 7) is 4.89. The molecule has 2 aliphatic heterocycles. The van der Waals surface area contributed by atoms with E-state index in [0.717, 1.165) is 43.7 Å². The molecule has 0 bridgehead atoms. The molecular weight excluding hydrogens is 418 g/mol. The van der Waals surface area contributed by atoms with Crippen LogP contribution >= 0.6 is 15.9 Å². The number of likely N-dealkylation sites (N-methyl/N-ethyl adjacent to an activating group) is 1. The van der Waals surface area contributed by atoms with Crippen molar-refractivity contribution in [2.24, 2.45) is 0 Å². The van der Waals surface area contributed by atoms with Gasteiger partial charge in [-0.05, 0) is 51.7 Å². The summed E-state index contributed by atoms with van der Waals surface area (Å²) in [4.78, 5) is 17.4. The molecule has 2 aromatic rings. The Bertz CT molecular complexity index is 851. The van der Waals surface area contributed by atoms with Gasteiger partial charge in [0.2, 0.25) is 0 Å². The summed E-state index contributed by atoms with van der Waals surface area (Å²) in [5.74, 6) is -0.0494. The van der Waals surface area contributed by atoms with E-state index in [0.29, 0.717) is 12.1 Å². The second kappa shape index (κ2) is 8.64. The number of ether oxygens (including phenoxy) is 1. The van der Waals surface area contributed by atoms with Crippen LogP contribution in [0.1, 0.15) is 27.5 Å². The summed E-state index contributed by atoms with van der Waals surface area (Å²) in [6.07, 6.45) is 1.08. The van der Waals surface area contributed by atoms with Crippen LogP contribution in [0.3, 0.4) is 0 Å². The zero-order valence-corrected chi connectivity index (χ0v) is 17.7. The first-order valence-electron chi connectivity index (χ1n) is 9.82. The van der Waals surface area contributed by atoms with Crippen LogP contribution in [0.2, 0.25) is 0 Å². The van der Waals surface area contributed by atoms with Gasteiger partial charge in [-0.3, -0.25) is 9.69 Å². The third-order valence-corrected chi connectivity index (χ3v) is 6.37. The number of carbonyl (C=O) groups excluding carboxylic acids is 1. The summed E-state index contributed by atoms with van der Waals surface area (Å²) in [5.41, 5.74) is 4.65. The van der Waals surface area contributed by atoms with Crippen molar-refractivity contribution in [2.75, 3.05) is 51.3 Å². The number of hydrogen-bond acceptors (Lipinski definition) is 4. The highest BCUT2D eigenvalue weighted by molar-refractivity contribution is 9.10. The molecule has 2 aromatic carbocycles. The van der Waals surface area contributed by atoms with Crippen molar-refractivity contribution in [1.29, 1.82) is 0 Å². The van der Waals surface area contributed by atoms with Gasteiger partial charge in [-0.2, -0.15) is 0 Å². The third-order valence-electron chi connectivity index (χ3n) is 5.68. The molecule has 1 saturated heterocycles. The second-order valence-corrected chi connectivity index (χ2v) is 8.27. The molecule has 148 valence electrons. The molecule has 28 heavy (non-hydrogen) atoms. The van der Waals surface area contributed by atoms with Crippen LogP contribution in [0.4, 0.5) is 5.69 Å². The van der Waals surface area contributed by atoms with Gasteiger partial charge in [-0.25, -0.2) is 0 Å². The van der Waals surface area contributed by atoms with Crippen molar-refractivity contribution in [3.05, 3.63) is 63.6 Å². The molecule has 0 aliphatic carbocycles. The van der Waals surface area contributed by atoms with Crippen LogP contribution in [0.25, 0.3) is 0 Å². The Hall–Kier alpha value is -1.89. The molecule has 1 atom stereocenters. The van der Waals surface area contributed by atoms with Gasteiger partial charge in [0.05, 0.1) is 24.8 Å². The number of halogens is 1. The van der Waals surface area contributed by atoms with Crippen molar-refractivity contribution in [2.45, 2.75) is 12.5 Å². The smallest absolute Gasteiger partial charge is 0.252 e. The molecule has 0 aromatic heterocycles. The summed E-state index contributed by atoms with van der Waals surface area (Å²) < 4.78 is 6.36. The van der Waals surface area contributed by atoms with E-state index in [9.17, 15) is 4.79 Å². The topological polar surface area (TPSA) is 44.8 Å². The molecule has 2 heterocycles. The molecule has 1 unspecified atom stereocenters. The monoisotopic (exact) mass is 443 g/mol. The molecule has 0 saturated carbocycles. The number of morpholine rings is 1. The number of anilines is 1. The number of hydrogen-bond donors (Lipinski definition) is 1. The molecule has 0 radical (unpaired) electrons. The lowest BCUT2D eigenvalue weighted by atomic mass is 10.00. The predicted molar refractivity (Wildman–Crippen MR) is 115 cm³/mol. The second-order valence-electron chi connectivity index (χ2n) is 7.41. The lowest BCUT2D eigenvalue weighted by Crippen LogP contribution is -2.43. The SMILES string of the molecule is CN1CCc2cc(C(CNC(=O)c3ccccc3Br)N3CCOCC3)ccc21. The maximum Gasteiger partial charge on any atom is 0.252 e. The van der Waals surface area contributed by atoms with Gasteiger partial charge in [0.15, 0.2) is 0 Å². The van der Waals surface area contributed by atoms with Crippen LogP contribution in [-0.2, 0) is 11.2 Å². The van der Waals surface area contributed by atoms with Crippen LogP contribution in [0.15, 0.2) is 46.9 Å². The van der Waals surface area contributed by atoms with E-state index in [2.05, 4.69) is 56.3 Å². The average molecular weight is 444 g/mol. The van der Waals surface area contributed by atoms with Crippen LogP contribution in [0.5, 0.6) is 0 Å². The highest BCUT2D eigenvalue weighted by Crippen LogP contribution is 2.31. The van der Waals surface area contributed by atoms with Gasteiger partial charge >= 0.3 is 0 Å². The molecule has 6 heteroatoms. The first-order chi connectivity index (χ1) is 13.6. The van der Waals surface area contributed by atoms with E-state index in [1.807, 2.05) is 24.3 Å². The van der Waals surface area contributed by atoms with E-state index in [1.165, 1.54) is 16.8 Å². The first kappa shape index (κ1) is 19.4. The molecule has 2 aliphatic rings. The number of nitrogens with one attached hydrogen (secondary N) is 1. The minimum absolute atomic E-state index is 0.0494. The zero-order valence-electron chi connectivity index (χ0n) is 16.2. The lowest BCUT2D eigenvalue weighted by molar-refractivity contribution is 0.0162. The van der Waals surface area contributed by atoms with Crippen molar-refractivity contribution in [1.82, 2.24) is 10.2 Å². The largest absolute Gasteiger partial charge is 0.379 e. The van der Waals surface area contributed by atoms with E-state index >= 15 is 0 Å². The summed E-state index contributed by atoms with van der Waals surface area (Å²) in [7, 11) is 2.14. The normalized spacial score (nSPS) is 18.0. The van der Waals surface area contributed by atoms with E-state index in [1.54, 1.807) is 0 Å². The first-order valence-corrected chi connectivity index (χ1v) is 10.6. The molecule has 1 fully saturated rings. The Morgan fingerprint density at radius 2 is 1.96 bits per heavy atom. The zero-order chi connectivity index (χ0) is 19.5. The van der Waals surface area contributed by atoms with Crippen LogP contribution < -0.4 is 10.2 Å². The van der Waals surface area contributed by atoms with Gasteiger partial charge in [0.1, 0.15) is 0 Å². The van der Waals surface area contributed by atoms with Gasteiger partial charge in [0.25, 0.3) is 5.91 Å². The maximum absolute atomic E-state index is 12.7. The van der Waals surface area contributed by atoms with Crippen molar-refractivity contribution >= 4 is 27.5 Å². The Labute approximate surface area is 174 Å². The molecule has 5 nitrogen and oxygen atoms in total. The number of fused-ring (bicyclic) bond motifs is 1. The molecule has 4 rings (SSSR count). The minimum atomic E-state index is -0.0494. The van der Waals surface area contributed by atoms with E-state index < -0.39 is 0 Å². The van der Waals surface area contributed by atoms with Crippen molar-refractivity contribution in [3.8, 4) is 0 Å². The molecular formula is C22H26BrN3O2. The van der Waals surface area contributed by atoms with E-state index in [-0.39, 0.29) is 11.9 Å². The Morgan fingerprint density at radius 1 is 1.18 bits per heavy atom. The fourth-order valence-electron chi connectivity index (χ4n) is 4.07. The number of carbonyl (C=O) groups is 1. The van der Waals surface area contributed by atoms with Gasteiger partial charge in [-0.1, -0.05) is 24.3 Å². The number of nitrogens with zero attached hydrogens (tertiary/aromatic N) is 2. The summed E-state index contributed by atoms with van der Waals surface area (Å²) in [6, 6.07) is 14.4. The predicted octanol–water partition coefficient (Wildman–Crippen LogP) is 3.24. The third kappa shape index (κ3) is 4.09. The van der Waals surface area contributed by atoms with Crippen LogP contribution in [-0.4, -0.2) is 57.2 Å². The molecule has 1 amide bonds. The Morgan fingerprint density at radius 3 is 2.75 bits per heavy atom. The molecule has 0 spiro atoms. The minimum Gasteiger partial charge on any atom is -0.379 e. The summed E-state index contributed by atoms with van der Waals surface area (Å²) in [5, 5.41) is 3.15. The highest BCUT2D eigenvalue weighted by Gasteiger charge is 2.25. The Balaban J connectivity index is 1.54. The van der Waals surface area contributed by atoms with Crippen molar-refractivity contribution < 1.29 is 9.53 Å². The standard InChI is InChI=1S/C22H26BrN3O2/c1-25-9-8-17-14-16(6-7-20(17)25)21(26-10-12-28-13-11-26)15-24-22(27)18-4-2-3-5-19(18)23/h2-7,14,21H,8-13,15H2,1H3,(H,24,27). The fourth-order valence-corrected chi connectivity index (χ4v) is 4.54. The van der Waals surface area contributed by atoms with E-state index in [4.69, 9.17) is 4.74 Å². The van der Waals surface area contributed by atoms with Crippen LogP contribution in [0, 0.1) is 0 Å². The van der Waals surface area contributed by atoms with Gasteiger partial charge in [-0.15, -0.1) is 0 Å².